The van der Waals surface area contributed by atoms with Crippen molar-refractivity contribution in [2.75, 3.05) is 20.6 Å². The number of hydrogen-bond acceptors (Lipinski definition) is 1. The van der Waals surface area contributed by atoms with Gasteiger partial charge in [-0.05, 0) is 25.2 Å². The maximum absolute atomic E-state index is 15.0. The number of allylic oxidation sites excluding steroid dienone is 3. The molecular weight excluding hydrogens is 213 g/mol. The first-order chi connectivity index (χ1) is 8.12. The van der Waals surface area contributed by atoms with Crippen LogP contribution < -0.4 is 0 Å². The van der Waals surface area contributed by atoms with E-state index in [1.807, 2.05) is 67.6 Å². The molecule has 0 N–H and O–H groups in total. The number of hydrogen-bond donors (Lipinski definition) is 0. The largest absolute Gasteiger partial charge is 0.306 e. The molecule has 1 unspecified atom stereocenters. The molecule has 0 bridgehead atoms. The Hall–Kier alpha value is -1.41. The van der Waals surface area contributed by atoms with Gasteiger partial charge in [-0.25, -0.2) is 4.39 Å². The summed E-state index contributed by atoms with van der Waals surface area (Å²) in [6.45, 7) is 0.415. The summed E-state index contributed by atoms with van der Waals surface area (Å²) in [5, 5.41) is 0. The highest BCUT2D eigenvalue weighted by atomic mass is 19.1. The Bertz CT molecular complexity index is 433. The lowest BCUT2D eigenvalue weighted by Crippen LogP contribution is -2.37. The van der Waals surface area contributed by atoms with Crippen molar-refractivity contribution in [3.05, 3.63) is 54.1 Å². The second-order valence-electron chi connectivity index (χ2n) is 4.78. The van der Waals surface area contributed by atoms with Gasteiger partial charge in [-0.3, -0.25) is 0 Å². The van der Waals surface area contributed by atoms with E-state index < -0.39 is 5.67 Å². The molecule has 1 aromatic rings. The average molecular weight is 231 g/mol. The van der Waals surface area contributed by atoms with Crippen molar-refractivity contribution in [3.63, 3.8) is 0 Å². The van der Waals surface area contributed by atoms with Gasteiger partial charge in [0.25, 0.3) is 0 Å². The Kier molecular flexibility index (Phi) is 3.43. The minimum atomic E-state index is -1.28. The van der Waals surface area contributed by atoms with Crippen LogP contribution in [-0.2, 0) is 0 Å². The summed E-state index contributed by atoms with van der Waals surface area (Å²) in [7, 11) is 3.81. The molecule has 90 valence electrons. The van der Waals surface area contributed by atoms with Crippen LogP contribution in [0.15, 0.2) is 48.6 Å². The van der Waals surface area contributed by atoms with E-state index in [1.54, 1.807) is 0 Å². The molecule has 1 aromatic carbocycles. The molecule has 0 radical (unpaired) electrons. The van der Waals surface area contributed by atoms with E-state index in [9.17, 15) is 0 Å². The lowest BCUT2D eigenvalue weighted by atomic mass is 9.83. The van der Waals surface area contributed by atoms with Crippen LogP contribution >= 0.6 is 0 Å². The van der Waals surface area contributed by atoms with Crippen molar-refractivity contribution in [3.8, 4) is 0 Å². The molecule has 0 aromatic heterocycles. The third-order valence-corrected chi connectivity index (χ3v) is 2.97. The van der Waals surface area contributed by atoms with Gasteiger partial charge in [-0.2, -0.15) is 0 Å². The van der Waals surface area contributed by atoms with Crippen molar-refractivity contribution in [2.24, 2.45) is 0 Å². The SMILES string of the molecule is CN(C)CC1(F)CC=CC=C1c1ccccc1. The van der Waals surface area contributed by atoms with Crippen molar-refractivity contribution < 1.29 is 4.39 Å². The monoisotopic (exact) mass is 231 g/mol. The highest BCUT2D eigenvalue weighted by molar-refractivity contribution is 5.75. The Balaban J connectivity index is 2.35. The van der Waals surface area contributed by atoms with E-state index in [0.717, 1.165) is 11.1 Å². The van der Waals surface area contributed by atoms with Gasteiger partial charge < -0.3 is 4.90 Å². The predicted octanol–water partition coefficient (Wildman–Crippen LogP) is 3.30. The molecule has 17 heavy (non-hydrogen) atoms. The van der Waals surface area contributed by atoms with E-state index in [0.29, 0.717) is 13.0 Å². The predicted molar refractivity (Wildman–Crippen MR) is 70.6 cm³/mol. The van der Waals surface area contributed by atoms with Crippen molar-refractivity contribution in [1.29, 1.82) is 0 Å². The van der Waals surface area contributed by atoms with Gasteiger partial charge in [0.05, 0.1) is 0 Å². The van der Waals surface area contributed by atoms with Crippen LogP contribution in [0, 0.1) is 0 Å². The van der Waals surface area contributed by atoms with Crippen LogP contribution in [0.25, 0.3) is 5.57 Å². The molecule has 1 aliphatic rings. The molecule has 0 heterocycles. The first-order valence-corrected chi connectivity index (χ1v) is 5.88. The minimum absolute atomic E-state index is 0.415. The van der Waals surface area contributed by atoms with Crippen LogP contribution in [0.4, 0.5) is 4.39 Å². The molecule has 1 nitrogen and oxygen atoms in total. The van der Waals surface area contributed by atoms with E-state index in [1.165, 1.54) is 0 Å². The molecule has 0 saturated carbocycles. The maximum atomic E-state index is 15.0. The Morgan fingerprint density at radius 2 is 1.94 bits per heavy atom. The third-order valence-electron chi connectivity index (χ3n) is 2.97. The zero-order valence-electron chi connectivity index (χ0n) is 10.4. The smallest absolute Gasteiger partial charge is 0.152 e. The number of rotatable bonds is 3. The van der Waals surface area contributed by atoms with Gasteiger partial charge >= 0.3 is 0 Å². The fraction of sp³-hybridized carbons (Fsp3) is 0.333. The Labute approximate surface area is 102 Å². The normalized spacial score (nSPS) is 23.9. The Morgan fingerprint density at radius 3 is 2.59 bits per heavy atom. The van der Waals surface area contributed by atoms with Crippen LogP contribution in [0.2, 0.25) is 0 Å². The topological polar surface area (TPSA) is 3.24 Å². The van der Waals surface area contributed by atoms with Crippen molar-refractivity contribution in [1.82, 2.24) is 4.90 Å². The first-order valence-electron chi connectivity index (χ1n) is 5.88. The van der Waals surface area contributed by atoms with Gasteiger partial charge in [-0.1, -0.05) is 48.6 Å². The molecule has 0 amide bonds. The summed E-state index contributed by atoms with van der Waals surface area (Å²) in [6.07, 6.45) is 6.18. The average Bonchev–Trinajstić information content (AvgIpc) is 2.29. The van der Waals surface area contributed by atoms with Crippen LogP contribution in [0.5, 0.6) is 0 Å². The van der Waals surface area contributed by atoms with Gasteiger partial charge in [0.15, 0.2) is 5.67 Å². The molecular formula is C15H18FN. The number of halogens is 1. The first kappa shape index (κ1) is 12.1. The molecule has 2 rings (SSSR count). The van der Waals surface area contributed by atoms with Crippen LogP contribution in [0.3, 0.4) is 0 Å². The summed E-state index contributed by atoms with van der Waals surface area (Å²) in [6, 6.07) is 9.79. The zero-order valence-corrected chi connectivity index (χ0v) is 10.4. The lowest BCUT2D eigenvalue weighted by Gasteiger charge is -2.32. The second-order valence-corrected chi connectivity index (χ2v) is 4.78. The minimum Gasteiger partial charge on any atom is -0.306 e. The highest BCUT2D eigenvalue weighted by Crippen LogP contribution is 2.37. The summed E-state index contributed by atoms with van der Waals surface area (Å²) in [5.74, 6) is 0. The third kappa shape index (κ3) is 2.64. The molecule has 1 aliphatic carbocycles. The summed E-state index contributed by atoms with van der Waals surface area (Å²) < 4.78 is 15.0. The molecule has 2 heteroatoms. The molecule has 1 atom stereocenters. The van der Waals surface area contributed by atoms with Gasteiger partial charge in [-0.15, -0.1) is 0 Å². The zero-order chi connectivity index (χ0) is 12.3. The molecule has 0 saturated heterocycles. The number of nitrogens with zero attached hydrogens (tertiary/aromatic N) is 1. The van der Waals surface area contributed by atoms with E-state index >= 15 is 4.39 Å². The molecule has 0 fully saturated rings. The number of benzene rings is 1. The van der Waals surface area contributed by atoms with Gasteiger partial charge in [0.2, 0.25) is 0 Å². The van der Waals surface area contributed by atoms with Gasteiger partial charge in [0, 0.05) is 13.0 Å². The highest BCUT2D eigenvalue weighted by Gasteiger charge is 2.35. The summed E-state index contributed by atoms with van der Waals surface area (Å²) in [4.78, 5) is 1.90. The molecule has 0 spiro atoms. The standard InChI is InChI=1S/C15H18FN/c1-17(2)12-15(16)11-7-6-10-14(15)13-8-4-3-5-9-13/h3-10H,11-12H2,1-2H3. The van der Waals surface area contributed by atoms with Gasteiger partial charge in [0.1, 0.15) is 0 Å². The Morgan fingerprint density at radius 1 is 1.24 bits per heavy atom. The second kappa shape index (κ2) is 4.84. The van der Waals surface area contributed by atoms with E-state index in [2.05, 4.69) is 0 Å². The quantitative estimate of drug-likeness (QED) is 0.771. The van der Waals surface area contributed by atoms with Crippen molar-refractivity contribution in [2.45, 2.75) is 12.1 Å². The van der Waals surface area contributed by atoms with Crippen molar-refractivity contribution >= 4 is 5.57 Å². The lowest BCUT2D eigenvalue weighted by molar-refractivity contribution is 0.181. The maximum Gasteiger partial charge on any atom is 0.152 e. The fourth-order valence-corrected chi connectivity index (χ4v) is 2.30. The summed E-state index contributed by atoms with van der Waals surface area (Å²) >= 11 is 0. The van der Waals surface area contributed by atoms with Crippen LogP contribution in [-0.4, -0.2) is 31.2 Å². The molecule has 0 aliphatic heterocycles. The van der Waals surface area contributed by atoms with E-state index in [4.69, 9.17) is 0 Å². The van der Waals surface area contributed by atoms with Crippen LogP contribution in [0.1, 0.15) is 12.0 Å². The van der Waals surface area contributed by atoms with E-state index in [-0.39, 0.29) is 0 Å². The number of alkyl halides is 1. The fourth-order valence-electron chi connectivity index (χ4n) is 2.30. The summed E-state index contributed by atoms with van der Waals surface area (Å²) in [5.41, 5.74) is 0.482.